The third kappa shape index (κ3) is 5.38. The second-order valence-corrected chi connectivity index (χ2v) is 7.21. The number of hydrogen-bond acceptors (Lipinski definition) is 1. The van der Waals surface area contributed by atoms with Crippen molar-refractivity contribution in [3.63, 3.8) is 0 Å². The molecule has 1 aliphatic carbocycles. The average molecular weight is 358 g/mol. The number of rotatable bonds is 3. The summed E-state index contributed by atoms with van der Waals surface area (Å²) in [5.41, 5.74) is 4.91. The highest BCUT2D eigenvalue weighted by atomic mass is 15.2. The van der Waals surface area contributed by atoms with Gasteiger partial charge in [-0.3, -0.25) is 0 Å². The molecule has 2 aromatic rings. The molecule has 27 heavy (non-hydrogen) atoms. The summed E-state index contributed by atoms with van der Waals surface area (Å²) in [6, 6.07) is 19.3. The van der Waals surface area contributed by atoms with E-state index in [1.54, 1.807) is 0 Å². The molecule has 0 radical (unpaired) electrons. The predicted molar refractivity (Wildman–Crippen MR) is 120 cm³/mol. The first-order chi connectivity index (χ1) is 13.1. The highest BCUT2D eigenvalue weighted by Gasteiger charge is 2.25. The maximum absolute atomic E-state index is 3.29. The summed E-state index contributed by atoms with van der Waals surface area (Å²) in [6.45, 7) is 10.8. The molecule has 140 valence electrons. The zero-order valence-electron chi connectivity index (χ0n) is 17.3. The van der Waals surface area contributed by atoms with Crippen LogP contribution in [0.5, 0.6) is 0 Å². The van der Waals surface area contributed by atoms with Crippen LogP contribution in [-0.4, -0.2) is 5.54 Å². The van der Waals surface area contributed by atoms with Crippen molar-refractivity contribution >= 4 is 16.9 Å². The van der Waals surface area contributed by atoms with Crippen LogP contribution in [0, 0.1) is 11.8 Å². The van der Waals surface area contributed by atoms with E-state index < -0.39 is 0 Å². The van der Waals surface area contributed by atoms with Crippen LogP contribution in [0.25, 0.3) is 5.57 Å². The van der Waals surface area contributed by atoms with E-state index in [9.17, 15) is 0 Å². The van der Waals surface area contributed by atoms with Crippen molar-refractivity contribution < 1.29 is 0 Å². The van der Waals surface area contributed by atoms with Crippen LogP contribution in [0.15, 0.2) is 72.8 Å². The van der Waals surface area contributed by atoms with Gasteiger partial charge in [-0.05, 0) is 44.5 Å². The molecule has 0 heterocycles. The standard InChI is InChI=1S/C24H25N.C2H6/c1-24(2,3)25(21-16-10-7-11-17-21)23-19-13-12-18-22(23)20-14-8-5-4-6-9-15-20;1-2/h5,7-8,10-14,16-19H,4,15H2,1-3H3;1-2H3/b8-5-,20-14+;. The maximum Gasteiger partial charge on any atom is 0.0492 e. The lowest BCUT2D eigenvalue weighted by Gasteiger charge is -2.39. The molecule has 0 N–H and O–H groups in total. The van der Waals surface area contributed by atoms with Crippen molar-refractivity contribution in [3.8, 4) is 11.8 Å². The fourth-order valence-corrected chi connectivity index (χ4v) is 3.19. The van der Waals surface area contributed by atoms with Gasteiger partial charge in [0.1, 0.15) is 0 Å². The summed E-state index contributed by atoms with van der Waals surface area (Å²) in [4.78, 5) is 2.42. The number of nitrogens with zero attached hydrogens (tertiary/aromatic N) is 1. The molecule has 0 bridgehead atoms. The molecule has 0 aliphatic heterocycles. The summed E-state index contributed by atoms with van der Waals surface area (Å²) in [5.74, 6) is 6.50. The number of allylic oxidation sites excluding steroid dienone is 4. The molecular weight excluding hydrogens is 326 g/mol. The Morgan fingerprint density at radius 3 is 2.22 bits per heavy atom. The van der Waals surface area contributed by atoms with Gasteiger partial charge in [-0.25, -0.2) is 0 Å². The minimum absolute atomic E-state index is 0.0405. The Balaban J connectivity index is 0.00000126. The fourth-order valence-electron chi connectivity index (χ4n) is 3.19. The second kappa shape index (κ2) is 9.83. The van der Waals surface area contributed by atoms with Gasteiger partial charge in [0.15, 0.2) is 0 Å². The summed E-state index contributed by atoms with van der Waals surface area (Å²) in [7, 11) is 0. The van der Waals surface area contributed by atoms with E-state index in [0.29, 0.717) is 0 Å². The Morgan fingerprint density at radius 2 is 1.52 bits per heavy atom. The van der Waals surface area contributed by atoms with Crippen molar-refractivity contribution in [2.75, 3.05) is 4.90 Å². The van der Waals surface area contributed by atoms with E-state index >= 15 is 0 Å². The topological polar surface area (TPSA) is 3.24 Å². The Hall–Kier alpha value is -2.72. The lowest BCUT2D eigenvalue weighted by Crippen LogP contribution is -2.38. The normalized spacial score (nSPS) is 16.3. The lowest BCUT2D eigenvalue weighted by atomic mass is 9.95. The fraction of sp³-hybridized carbons (Fsp3) is 0.308. The zero-order valence-corrected chi connectivity index (χ0v) is 17.3. The molecule has 0 fully saturated rings. The first-order valence-corrected chi connectivity index (χ1v) is 9.83. The summed E-state index contributed by atoms with van der Waals surface area (Å²) < 4.78 is 0. The molecule has 2 aromatic carbocycles. The predicted octanol–water partition coefficient (Wildman–Crippen LogP) is 7.39. The van der Waals surface area contributed by atoms with E-state index in [1.165, 1.54) is 22.5 Å². The van der Waals surface area contributed by atoms with Gasteiger partial charge in [-0.2, -0.15) is 0 Å². The molecule has 1 aliphatic rings. The van der Waals surface area contributed by atoms with Gasteiger partial charge >= 0.3 is 0 Å². The minimum Gasteiger partial charge on any atom is -0.336 e. The SMILES string of the molecule is CC.CC(C)(C)N(c1ccccc1)c1ccccc1/C1=C/C=C\CC#CC1. The molecule has 1 nitrogen and oxygen atoms in total. The van der Waals surface area contributed by atoms with Crippen LogP contribution < -0.4 is 4.90 Å². The molecule has 0 unspecified atom stereocenters. The van der Waals surface area contributed by atoms with Gasteiger partial charge < -0.3 is 4.90 Å². The molecule has 0 saturated heterocycles. The molecule has 3 rings (SSSR count). The van der Waals surface area contributed by atoms with Gasteiger partial charge in [0.05, 0.1) is 0 Å². The number of benzene rings is 2. The monoisotopic (exact) mass is 357 g/mol. The number of para-hydroxylation sites is 2. The summed E-state index contributed by atoms with van der Waals surface area (Å²) in [6.07, 6.45) is 8.08. The van der Waals surface area contributed by atoms with Crippen LogP contribution in [0.3, 0.4) is 0 Å². The van der Waals surface area contributed by atoms with Crippen LogP contribution in [0.4, 0.5) is 11.4 Å². The van der Waals surface area contributed by atoms with Crippen LogP contribution in [-0.2, 0) is 0 Å². The summed E-state index contributed by atoms with van der Waals surface area (Å²) >= 11 is 0. The van der Waals surface area contributed by atoms with Gasteiger partial charge in [0.2, 0.25) is 0 Å². The lowest BCUT2D eigenvalue weighted by molar-refractivity contribution is 0.560. The second-order valence-electron chi connectivity index (χ2n) is 7.21. The third-order valence-corrected chi connectivity index (χ3v) is 4.23. The van der Waals surface area contributed by atoms with E-state index in [0.717, 1.165) is 12.8 Å². The van der Waals surface area contributed by atoms with Crippen molar-refractivity contribution in [2.24, 2.45) is 0 Å². The zero-order chi connectivity index (χ0) is 19.7. The van der Waals surface area contributed by atoms with Crippen molar-refractivity contribution in [1.82, 2.24) is 0 Å². The average Bonchev–Trinajstić information content (AvgIpc) is 2.64. The van der Waals surface area contributed by atoms with E-state index in [2.05, 4.69) is 110 Å². The number of anilines is 2. The van der Waals surface area contributed by atoms with Crippen LogP contribution >= 0.6 is 0 Å². The van der Waals surface area contributed by atoms with Crippen molar-refractivity contribution in [1.29, 1.82) is 0 Å². The maximum atomic E-state index is 3.29. The quantitative estimate of drug-likeness (QED) is 0.518. The first kappa shape index (κ1) is 20.6. The highest BCUT2D eigenvalue weighted by Crippen LogP contribution is 2.38. The Morgan fingerprint density at radius 1 is 0.852 bits per heavy atom. The molecule has 0 saturated carbocycles. The highest BCUT2D eigenvalue weighted by molar-refractivity contribution is 5.82. The van der Waals surface area contributed by atoms with Crippen LogP contribution in [0.2, 0.25) is 0 Å². The van der Waals surface area contributed by atoms with Gasteiger partial charge in [0, 0.05) is 35.3 Å². The first-order valence-electron chi connectivity index (χ1n) is 9.83. The minimum atomic E-state index is -0.0405. The Labute approximate surface area is 165 Å². The smallest absolute Gasteiger partial charge is 0.0492 e. The van der Waals surface area contributed by atoms with E-state index in [1.807, 2.05) is 13.8 Å². The summed E-state index contributed by atoms with van der Waals surface area (Å²) in [5, 5.41) is 0. The van der Waals surface area contributed by atoms with Gasteiger partial charge in [0.25, 0.3) is 0 Å². The van der Waals surface area contributed by atoms with E-state index in [4.69, 9.17) is 0 Å². The van der Waals surface area contributed by atoms with Crippen molar-refractivity contribution in [3.05, 3.63) is 78.4 Å². The van der Waals surface area contributed by atoms with Gasteiger partial charge in [-0.15, -0.1) is 0 Å². The number of hydrogen-bond donors (Lipinski definition) is 0. The Bertz CT molecular complexity index is 839. The molecule has 0 spiro atoms. The molecule has 0 atom stereocenters. The van der Waals surface area contributed by atoms with Crippen LogP contribution in [0.1, 0.15) is 53.0 Å². The largest absolute Gasteiger partial charge is 0.336 e. The van der Waals surface area contributed by atoms with E-state index in [-0.39, 0.29) is 5.54 Å². The van der Waals surface area contributed by atoms with Gasteiger partial charge in [-0.1, -0.05) is 80.3 Å². The third-order valence-electron chi connectivity index (χ3n) is 4.23. The molecule has 0 aromatic heterocycles. The molecular formula is C26H31N. The molecule has 0 amide bonds. The van der Waals surface area contributed by atoms with Crippen molar-refractivity contribution in [2.45, 2.75) is 53.0 Å². The Kier molecular flexibility index (Phi) is 7.50. The molecule has 1 heteroatoms.